The first-order valence-electron chi connectivity index (χ1n) is 7.61. The summed E-state index contributed by atoms with van der Waals surface area (Å²) in [5, 5.41) is 12.2. The zero-order valence-corrected chi connectivity index (χ0v) is 12.4. The van der Waals surface area contributed by atoms with Crippen molar-refractivity contribution in [2.45, 2.75) is 6.42 Å². The Morgan fingerprint density at radius 2 is 2.00 bits per heavy atom. The number of hydrogen-bond donors (Lipinski definition) is 2. The van der Waals surface area contributed by atoms with Crippen molar-refractivity contribution >= 4 is 17.6 Å². The summed E-state index contributed by atoms with van der Waals surface area (Å²) < 4.78 is 17.3. The monoisotopic (exact) mass is 319 g/mol. The summed E-state index contributed by atoms with van der Waals surface area (Å²) in [6.45, 7) is -0.635. The van der Waals surface area contributed by atoms with Crippen LogP contribution < -0.4 is 10.1 Å². The molecule has 0 saturated heterocycles. The molecule has 1 aromatic carbocycles. The fraction of sp³-hybridized carbons (Fsp3) is 0.412. The second kappa shape index (κ2) is 6.40. The van der Waals surface area contributed by atoms with Crippen molar-refractivity contribution in [3.8, 4) is 5.75 Å². The van der Waals surface area contributed by atoms with Crippen LogP contribution in [0.3, 0.4) is 0 Å². The Labute approximate surface area is 133 Å². The van der Waals surface area contributed by atoms with Crippen molar-refractivity contribution in [2.75, 3.05) is 18.6 Å². The highest BCUT2D eigenvalue weighted by Crippen LogP contribution is 2.48. The molecule has 23 heavy (non-hydrogen) atoms. The topological polar surface area (TPSA) is 75.6 Å². The first-order valence-corrected chi connectivity index (χ1v) is 7.61. The van der Waals surface area contributed by atoms with E-state index in [2.05, 4.69) is 5.32 Å². The molecule has 2 bridgehead atoms. The van der Waals surface area contributed by atoms with Crippen LogP contribution in [-0.2, 0) is 9.59 Å². The number of carbonyl (C=O) groups is 2. The summed E-state index contributed by atoms with van der Waals surface area (Å²) >= 11 is 0. The summed E-state index contributed by atoms with van der Waals surface area (Å²) in [6.07, 6.45) is 4.56. The van der Waals surface area contributed by atoms with Gasteiger partial charge >= 0.3 is 5.97 Å². The fourth-order valence-corrected chi connectivity index (χ4v) is 3.56. The van der Waals surface area contributed by atoms with E-state index in [0.717, 1.165) is 0 Å². The van der Waals surface area contributed by atoms with E-state index in [4.69, 9.17) is 4.74 Å². The highest BCUT2D eigenvalue weighted by atomic mass is 19.1. The third-order valence-electron chi connectivity index (χ3n) is 4.49. The second-order valence-electron chi connectivity index (χ2n) is 5.89. The predicted molar refractivity (Wildman–Crippen MR) is 81.9 cm³/mol. The number of hydrogen-bond acceptors (Lipinski definition) is 3. The average molecular weight is 319 g/mol. The van der Waals surface area contributed by atoms with Gasteiger partial charge in [0.05, 0.1) is 11.8 Å². The van der Waals surface area contributed by atoms with Crippen molar-refractivity contribution in [3.63, 3.8) is 0 Å². The number of ether oxygens (including phenoxy) is 1. The zero-order valence-electron chi connectivity index (χ0n) is 12.4. The Hall–Kier alpha value is -2.37. The summed E-state index contributed by atoms with van der Waals surface area (Å²) in [4.78, 5) is 24.0. The van der Waals surface area contributed by atoms with E-state index >= 15 is 0 Å². The summed E-state index contributed by atoms with van der Waals surface area (Å²) in [5.74, 6) is -2.07. The number of carboxylic acids is 1. The number of halogens is 1. The van der Waals surface area contributed by atoms with E-state index in [0.29, 0.717) is 17.9 Å². The molecule has 3 rings (SSSR count). The molecule has 6 heteroatoms. The van der Waals surface area contributed by atoms with Gasteiger partial charge in [-0.2, -0.15) is 0 Å². The molecule has 0 aromatic heterocycles. The molecule has 4 atom stereocenters. The predicted octanol–water partition coefficient (Wildman–Crippen LogP) is 2.50. The molecule has 0 spiro atoms. The maximum absolute atomic E-state index is 12.5. The first kappa shape index (κ1) is 15.5. The minimum Gasteiger partial charge on any atom is -0.491 e. The minimum atomic E-state index is -0.929. The highest BCUT2D eigenvalue weighted by molar-refractivity contribution is 5.96. The number of fused-ring (bicyclic) bond motifs is 2. The Morgan fingerprint density at radius 3 is 2.70 bits per heavy atom. The van der Waals surface area contributed by atoms with Crippen LogP contribution in [0.1, 0.15) is 6.42 Å². The number of carboxylic acid groups (broad SMARTS) is 1. The number of rotatable bonds is 6. The smallest absolute Gasteiger partial charge is 0.307 e. The van der Waals surface area contributed by atoms with E-state index in [1.54, 1.807) is 24.3 Å². The normalized spacial score (nSPS) is 27.9. The standard InChI is InChI=1S/C17H18FNO4/c18-6-7-23-13-3-1-2-12(9-13)19-16(20)14-10-4-5-11(8-10)15(14)17(21)22/h1-5,9-11,14-15H,6-8H2,(H,19,20)(H,21,22). The molecule has 1 amide bonds. The second-order valence-corrected chi connectivity index (χ2v) is 5.89. The van der Waals surface area contributed by atoms with Crippen LogP contribution in [0.2, 0.25) is 0 Å². The number of benzene rings is 1. The van der Waals surface area contributed by atoms with E-state index in [1.165, 1.54) is 0 Å². The molecule has 122 valence electrons. The third kappa shape index (κ3) is 3.06. The van der Waals surface area contributed by atoms with Crippen molar-refractivity contribution in [2.24, 2.45) is 23.7 Å². The number of anilines is 1. The average Bonchev–Trinajstić information content (AvgIpc) is 3.14. The molecule has 5 nitrogen and oxygen atoms in total. The van der Waals surface area contributed by atoms with Crippen LogP contribution in [0.15, 0.2) is 36.4 Å². The van der Waals surface area contributed by atoms with Gasteiger partial charge in [0.25, 0.3) is 0 Å². The first-order chi connectivity index (χ1) is 11.1. The lowest BCUT2D eigenvalue weighted by Gasteiger charge is -2.23. The molecule has 0 aliphatic heterocycles. The van der Waals surface area contributed by atoms with Crippen LogP contribution >= 0.6 is 0 Å². The van der Waals surface area contributed by atoms with Gasteiger partial charge in [-0.15, -0.1) is 0 Å². The molecule has 2 aliphatic carbocycles. The van der Waals surface area contributed by atoms with Gasteiger partial charge in [-0.1, -0.05) is 18.2 Å². The Kier molecular flexibility index (Phi) is 4.32. The third-order valence-corrected chi connectivity index (χ3v) is 4.49. The molecular weight excluding hydrogens is 301 g/mol. The largest absolute Gasteiger partial charge is 0.491 e. The zero-order chi connectivity index (χ0) is 16.4. The van der Waals surface area contributed by atoms with Crippen LogP contribution in [0.4, 0.5) is 10.1 Å². The maximum Gasteiger partial charge on any atom is 0.307 e. The Morgan fingerprint density at radius 1 is 1.26 bits per heavy atom. The number of allylic oxidation sites excluding steroid dienone is 2. The van der Waals surface area contributed by atoms with Gasteiger partial charge in [0.2, 0.25) is 5.91 Å². The van der Waals surface area contributed by atoms with Crippen LogP contribution in [0, 0.1) is 23.7 Å². The van der Waals surface area contributed by atoms with E-state index < -0.39 is 24.5 Å². The molecule has 1 fully saturated rings. The van der Waals surface area contributed by atoms with E-state index in [-0.39, 0.29) is 24.3 Å². The lowest BCUT2D eigenvalue weighted by Crippen LogP contribution is -2.36. The summed E-state index contributed by atoms with van der Waals surface area (Å²) in [5.41, 5.74) is 0.516. The summed E-state index contributed by atoms with van der Waals surface area (Å²) in [6, 6.07) is 6.66. The number of alkyl halides is 1. The molecule has 0 radical (unpaired) electrons. The lowest BCUT2D eigenvalue weighted by atomic mass is 9.82. The van der Waals surface area contributed by atoms with Gasteiger partial charge in [0, 0.05) is 11.8 Å². The molecule has 2 N–H and O–H groups in total. The van der Waals surface area contributed by atoms with Gasteiger partial charge in [-0.05, 0) is 30.4 Å². The number of carbonyl (C=O) groups excluding carboxylic acids is 1. The quantitative estimate of drug-likeness (QED) is 0.790. The van der Waals surface area contributed by atoms with Crippen LogP contribution in [0.25, 0.3) is 0 Å². The Bertz CT molecular complexity index is 645. The number of nitrogens with one attached hydrogen (secondary N) is 1. The molecule has 1 saturated carbocycles. The van der Waals surface area contributed by atoms with Crippen molar-refractivity contribution in [3.05, 3.63) is 36.4 Å². The number of amides is 1. The van der Waals surface area contributed by atoms with E-state index in [9.17, 15) is 19.1 Å². The van der Waals surface area contributed by atoms with Gasteiger partial charge in [0.15, 0.2) is 0 Å². The molecule has 1 aromatic rings. The fourth-order valence-electron chi connectivity index (χ4n) is 3.56. The van der Waals surface area contributed by atoms with Crippen molar-refractivity contribution in [1.82, 2.24) is 0 Å². The van der Waals surface area contributed by atoms with Crippen LogP contribution in [0.5, 0.6) is 5.75 Å². The van der Waals surface area contributed by atoms with Gasteiger partial charge in [-0.25, -0.2) is 4.39 Å². The van der Waals surface area contributed by atoms with Crippen molar-refractivity contribution in [1.29, 1.82) is 0 Å². The van der Waals surface area contributed by atoms with Crippen LogP contribution in [-0.4, -0.2) is 30.3 Å². The summed E-state index contributed by atoms with van der Waals surface area (Å²) in [7, 11) is 0. The molecular formula is C17H18FNO4. The maximum atomic E-state index is 12.5. The molecule has 2 aliphatic rings. The van der Waals surface area contributed by atoms with Gasteiger partial charge in [-0.3, -0.25) is 9.59 Å². The van der Waals surface area contributed by atoms with Gasteiger partial charge in [0.1, 0.15) is 19.0 Å². The van der Waals surface area contributed by atoms with Gasteiger partial charge < -0.3 is 15.2 Å². The minimum absolute atomic E-state index is 0.0212. The van der Waals surface area contributed by atoms with Crippen molar-refractivity contribution < 1.29 is 23.8 Å². The molecule has 0 heterocycles. The van der Waals surface area contributed by atoms with E-state index in [1.807, 2.05) is 12.2 Å². The number of aliphatic carboxylic acids is 1. The molecule has 4 unspecified atom stereocenters. The Balaban J connectivity index is 1.72. The SMILES string of the molecule is O=C(O)C1C2C=CC(C2)C1C(=O)Nc1cccc(OCCF)c1. The highest BCUT2D eigenvalue weighted by Gasteiger charge is 2.51. The lowest BCUT2D eigenvalue weighted by molar-refractivity contribution is -0.146.